The predicted octanol–water partition coefficient (Wildman–Crippen LogP) is 3.56. The Kier molecular flexibility index (Phi) is 5.50. The molecule has 0 saturated carbocycles. The largest absolute Gasteiger partial charge is 0.384 e. The number of hydrogen-bond donors (Lipinski definition) is 1. The second-order valence-corrected chi connectivity index (χ2v) is 6.29. The summed E-state index contributed by atoms with van der Waals surface area (Å²) in [4.78, 5) is 0. The van der Waals surface area contributed by atoms with Crippen molar-refractivity contribution in [3.63, 3.8) is 0 Å². The fourth-order valence-electron chi connectivity index (χ4n) is 1.61. The van der Waals surface area contributed by atoms with Gasteiger partial charge in [-0.15, -0.1) is 0 Å². The molecule has 0 atom stereocenters. The molecule has 2 aromatic rings. The van der Waals surface area contributed by atoms with Crippen LogP contribution in [0.1, 0.15) is 11.1 Å². The third-order valence-corrected chi connectivity index (χ3v) is 4.11. The van der Waals surface area contributed by atoms with Crippen molar-refractivity contribution in [1.82, 2.24) is 0 Å². The molecule has 0 heterocycles. The van der Waals surface area contributed by atoms with Crippen molar-refractivity contribution in [3.05, 3.63) is 71.8 Å². The Labute approximate surface area is 118 Å². The van der Waals surface area contributed by atoms with Crippen LogP contribution in [0.2, 0.25) is 0 Å². The smallest absolute Gasteiger partial charge is 0.356 e. The molecule has 0 spiro atoms. The second kappa shape index (κ2) is 7.36. The van der Waals surface area contributed by atoms with Crippen molar-refractivity contribution in [2.24, 2.45) is 0 Å². The highest BCUT2D eigenvalue weighted by atomic mass is 31.2. The minimum atomic E-state index is -3.48. The van der Waals surface area contributed by atoms with E-state index in [0.29, 0.717) is 0 Å². The molecule has 0 unspecified atom stereocenters. The Morgan fingerprint density at radius 3 is 1.55 bits per heavy atom. The zero-order valence-electron chi connectivity index (χ0n) is 11.0. The Morgan fingerprint density at radius 2 is 1.20 bits per heavy atom. The fraction of sp³-hybridized carbons (Fsp3) is 0.200. The minimum absolute atomic E-state index is 0.146. The predicted molar refractivity (Wildman–Crippen MR) is 77.2 cm³/mol. The van der Waals surface area contributed by atoms with Crippen LogP contribution in [-0.4, -0.2) is 11.5 Å². The monoisotopic (exact) mass is 292 g/mol. The maximum absolute atomic E-state index is 12.2. The van der Waals surface area contributed by atoms with E-state index >= 15 is 0 Å². The number of benzene rings is 2. The van der Waals surface area contributed by atoms with Gasteiger partial charge in [-0.2, -0.15) is 0 Å². The molecule has 0 amide bonds. The molecular formula is C15H17O4P. The van der Waals surface area contributed by atoms with E-state index in [4.69, 9.17) is 9.05 Å². The van der Waals surface area contributed by atoms with E-state index in [1.165, 1.54) is 0 Å². The summed E-state index contributed by atoms with van der Waals surface area (Å²) in [6, 6.07) is 18.7. The lowest BCUT2D eigenvalue weighted by Gasteiger charge is -2.16. The normalized spacial score (nSPS) is 11.4. The summed E-state index contributed by atoms with van der Waals surface area (Å²) in [5.41, 5.74) is 1.76. The first-order valence-corrected chi connectivity index (χ1v) is 8.01. The molecule has 0 saturated heterocycles. The molecule has 4 nitrogen and oxygen atoms in total. The van der Waals surface area contributed by atoms with Gasteiger partial charge in [-0.3, -0.25) is 4.57 Å². The highest BCUT2D eigenvalue weighted by Gasteiger charge is 2.23. The van der Waals surface area contributed by atoms with Crippen molar-refractivity contribution in [3.8, 4) is 0 Å². The SMILES string of the molecule is O=P(CO)(OCc1ccccc1)OCc1ccccc1. The second-order valence-electron chi connectivity index (χ2n) is 4.27. The van der Waals surface area contributed by atoms with E-state index < -0.39 is 13.9 Å². The van der Waals surface area contributed by atoms with E-state index in [0.717, 1.165) is 11.1 Å². The van der Waals surface area contributed by atoms with Crippen LogP contribution < -0.4 is 0 Å². The first-order chi connectivity index (χ1) is 9.72. The van der Waals surface area contributed by atoms with Gasteiger partial charge in [0.25, 0.3) is 0 Å². The lowest BCUT2D eigenvalue weighted by molar-refractivity contribution is 0.167. The Hall–Kier alpha value is -1.45. The summed E-state index contributed by atoms with van der Waals surface area (Å²) in [5.74, 6) is 0. The van der Waals surface area contributed by atoms with Gasteiger partial charge in [-0.25, -0.2) is 0 Å². The standard InChI is InChI=1S/C15H17O4P/c16-13-20(17,18-11-14-7-3-1-4-8-14)19-12-15-9-5-2-6-10-15/h1-10,16H,11-13H2. The van der Waals surface area contributed by atoms with Gasteiger partial charge < -0.3 is 14.2 Å². The number of hydrogen-bond acceptors (Lipinski definition) is 4. The zero-order valence-corrected chi connectivity index (χ0v) is 11.9. The molecule has 2 rings (SSSR count). The van der Waals surface area contributed by atoms with Crippen LogP contribution in [0.5, 0.6) is 0 Å². The lowest BCUT2D eigenvalue weighted by atomic mass is 10.2. The highest BCUT2D eigenvalue weighted by molar-refractivity contribution is 7.53. The summed E-state index contributed by atoms with van der Waals surface area (Å²) in [6.45, 7) is 0.293. The molecule has 0 aliphatic carbocycles. The van der Waals surface area contributed by atoms with Crippen LogP contribution in [0.15, 0.2) is 60.7 Å². The Balaban J connectivity index is 1.90. The first kappa shape index (κ1) is 14.9. The van der Waals surface area contributed by atoms with E-state index in [1.807, 2.05) is 60.7 Å². The summed E-state index contributed by atoms with van der Waals surface area (Å²) < 4.78 is 22.8. The summed E-state index contributed by atoms with van der Waals surface area (Å²) in [7, 11) is -3.48. The van der Waals surface area contributed by atoms with Gasteiger partial charge in [-0.05, 0) is 11.1 Å². The molecule has 0 bridgehead atoms. The van der Waals surface area contributed by atoms with Crippen LogP contribution in [0.4, 0.5) is 0 Å². The molecule has 0 fully saturated rings. The van der Waals surface area contributed by atoms with Gasteiger partial charge in [0.05, 0.1) is 13.2 Å². The third-order valence-electron chi connectivity index (χ3n) is 2.71. The Bertz CT molecular complexity index is 509. The summed E-state index contributed by atoms with van der Waals surface area (Å²) in [6.07, 6.45) is -0.632. The van der Waals surface area contributed by atoms with Crippen LogP contribution in [-0.2, 0) is 26.8 Å². The number of aliphatic hydroxyl groups is 1. The van der Waals surface area contributed by atoms with Gasteiger partial charge in [-0.1, -0.05) is 60.7 Å². The van der Waals surface area contributed by atoms with Crippen LogP contribution in [0.25, 0.3) is 0 Å². The van der Waals surface area contributed by atoms with Crippen molar-refractivity contribution in [2.75, 3.05) is 6.35 Å². The lowest BCUT2D eigenvalue weighted by Crippen LogP contribution is -2.00. The van der Waals surface area contributed by atoms with Crippen molar-refractivity contribution >= 4 is 7.60 Å². The molecule has 1 N–H and O–H groups in total. The van der Waals surface area contributed by atoms with Gasteiger partial charge in [0.1, 0.15) is 6.35 Å². The van der Waals surface area contributed by atoms with Gasteiger partial charge in [0.2, 0.25) is 0 Å². The van der Waals surface area contributed by atoms with Gasteiger partial charge in [0, 0.05) is 0 Å². The molecular weight excluding hydrogens is 275 g/mol. The molecule has 0 aliphatic rings. The van der Waals surface area contributed by atoms with Crippen LogP contribution >= 0.6 is 7.60 Å². The molecule has 0 aliphatic heterocycles. The average molecular weight is 292 g/mol. The average Bonchev–Trinajstić information content (AvgIpc) is 2.53. The van der Waals surface area contributed by atoms with Crippen LogP contribution in [0, 0.1) is 0 Å². The molecule has 0 aromatic heterocycles. The molecule has 5 heteroatoms. The van der Waals surface area contributed by atoms with E-state index in [2.05, 4.69) is 0 Å². The van der Waals surface area contributed by atoms with Gasteiger partial charge >= 0.3 is 7.60 Å². The van der Waals surface area contributed by atoms with Crippen molar-refractivity contribution in [1.29, 1.82) is 0 Å². The topological polar surface area (TPSA) is 55.8 Å². The number of aliphatic hydroxyl groups excluding tert-OH is 1. The quantitative estimate of drug-likeness (QED) is 0.793. The van der Waals surface area contributed by atoms with Crippen molar-refractivity contribution in [2.45, 2.75) is 13.2 Å². The highest BCUT2D eigenvalue weighted by Crippen LogP contribution is 2.48. The Morgan fingerprint density at radius 1 is 0.800 bits per heavy atom. The zero-order chi connectivity index (χ0) is 14.3. The van der Waals surface area contributed by atoms with E-state index in [-0.39, 0.29) is 13.2 Å². The summed E-state index contributed by atoms with van der Waals surface area (Å²) in [5, 5.41) is 9.23. The molecule has 0 radical (unpaired) electrons. The third kappa shape index (κ3) is 4.58. The molecule has 2 aromatic carbocycles. The summed E-state index contributed by atoms with van der Waals surface area (Å²) >= 11 is 0. The maximum atomic E-state index is 12.2. The van der Waals surface area contributed by atoms with E-state index in [1.54, 1.807) is 0 Å². The van der Waals surface area contributed by atoms with Crippen LogP contribution in [0.3, 0.4) is 0 Å². The number of rotatable bonds is 7. The van der Waals surface area contributed by atoms with Gasteiger partial charge in [0.15, 0.2) is 0 Å². The first-order valence-electron chi connectivity index (χ1n) is 6.29. The minimum Gasteiger partial charge on any atom is -0.384 e. The molecule has 106 valence electrons. The van der Waals surface area contributed by atoms with E-state index in [9.17, 15) is 9.67 Å². The molecule has 20 heavy (non-hydrogen) atoms. The fourth-order valence-corrected chi connectivity index (χ4v) is 2.54. The van der Waals surface area contributed by atoms with Crippen molar-refractivity contribution < 1.29 is 18.7 Å². The maximum Gasteiger partial charge on any atom is 0.356 e.